The van der Waals surface area contributed by atoms with Gasteiger partial charge in [-0.25, -0.2) is 4.79 Å². The molecule has 124 valence electrons. The number of aromatic hydroxyl groups is 1. The number of carbonyl (C=O) groups excluding carboxylic acids is 1. The zero-order valence-corrected chi connectivity index (χ0v) is 14.4. The van der Waals surface area contributed by atoms with E-state index in [0.717, 1.165) is 36.0 Å². The molecular weight excluding hydrogens is 280 g/mol. The summed E-state index contributed by atoms with van der Waals surface area (Å²) in [5.74, 6) is -0.0362. The maximum absolute atomic E-state index is 11.7. The maximum atomic E-state index is 11.7. The molecule has 0 amide bonds. The molecule has 0 fully saturated rings. The van der Waals surface area contributed by atoms with Crippen molar-refractivity contribution in [2.24, 2.45) is 0 Å². The van der Waals surface area contributed by atoms with Gasteiger partial charge in [0, 0.05) is 0 Å². The van der Waals surface area contributed by atoms with Crippen LogP contribution in [0, 0.1) is 6.92 Å². The van der Waals surface area contributed by atoms with Crippen LogP contribution in [0.15, 0.2) is 12.1 Å². The van der Waals surface area contributed by atoms with E-state index in [1.807, 2.05) is 33.8 Å². The van der Waals surface area contributed by atoms with Gasteiger partial charge in [-0.3, -0.25) is 4.89 Å². The number of rotatable bonds is 7. The fraction of sp³-hybridized carbons (Fsp3) is 0.611. The Morgan fingerprint density at radius 2 is 1.91 bits per heavy atom. The minimum Gasteiger partial charge on any atom is -0.508 e. The number of phenols is 1. The summed E-state index contributed by atoms with van der Waals surface area (Å²) in [6.07, 6.45) is 3.82. The van der Waals surface area contributed by atoms with Crippen molar-refractivity contribution in [3.63, 3.8) is 0 Å². The van der Waals surface area contributed by atoms with Crippen molar-refractivity contribution in [2.45, 2.75) is 72.3 Å². The zero-order chi connectivity index (χ0) is 16.8. The van der Waals surface area contributed by atoms with E-state index in [0.29, 0.717) is 12.2 Å². The number of benzene rings is 1. The van der Waals surface area contributed by atoms with E-state index in [4.69, 9.17) is 9.78 Å². The monoisotopic (exact) mass is 308 g/mol. The lowest BCUT2D eigenvalue weighted by Crippen LogP contribution is -2.22. The van der Waals surface area contributed by atoms with Crippen LogP contribution >= 0.6 is 0 Å². The van der Waals surface area contributed by atoms with E-state index in [9.17, 15) is 9.90 Å². The first-order valence-corrected chi connectivity index (χ1v) is 7.93. The SMILES string of the molecule is CCCCc1c(O)ccc(CCC(=O)OOC(C)(C)C)c1C. The van der Waals surface area contributed by atoms with Gasteiger partial charge in [0.25, 0.3) is 0 Å². The average Bonchev–Trinajstić information content (AvgIpc) is 2.43. The van der Waals surface area contributed by atoms with Crippen molar-refractivity contribution in [1.29, 1.82) is 0 Å². The van der Waals surface area contributed by atoms with Gasteiger partial charge in [-0.05, 0) is 69.7 Å². The molecule has 0 aliphatic carbocycles. The van der Waals surface area contributed by atoms with Gasteiger partial charge >= 0.3 is 5.97 Å². The summed E-state index contributed by atoms with van der Waals surface area (Å²) in [4.78, 5) is 21.5. The second kappa shape index (κ2) is 8.18. The Kier molecular flexibility index (Phi) is 6.88. The highest BCUT2D eigenvalue weighted by Crippen LogP contribution is 2.26. The van der Waals surface area contributed by atoms with Gasteiger partial charge in [0.05, 0.1) is 6.42 Å². The van der Waals surface area contributed by atoms with Crippen molar-refractivity contribution in [3.8, 4) is 5.75 Å². The number of carbonyl (C=O) groups is 1. The molecule has 4 heteroatoms. The van der Waals surface area contributed by atoms with E-state index in [1.165, 1.54) is 0 Å². The summed E-state index contributed by atoms with van der Waals surface area (Å²) in [5.41, 5.74) is 2.62. The van der Waals surface area contributed by atoms with Crippen molar-refractivity contribution in [2.75, 3.05) is 0 Å². The standard InChI is InChI=1S/C18H28O4/c1-6-7-8-15-13(2)14(9-11-16(15)19)10-12-17(20)21-22-18(3,4)5/h9,11,19H,6-8,10,12H2,1-5H3. The van der Waals surface area contributed by atoms with Crippen molar-refractivity contribution < 1.29 is 19.7 Å². The summed E-state index contributed by atoms with van der Waals surface area (Å²) in [5, 5.41) is 9.98. The first-order chi connectivity index (χ1) is 10.2. The molecule has 0 radical (unpaired) electrons. The summed E-state index contributed by atoms with van der Waals surface area (Å²) >= 11 is 0. The Morgan fingerprint density at radius 3 is 2.50 bits per heavy atom. The third-order valence-corrected chi connectivity index (χ3v) is 3.45. The quantitative estimate of drug-likeness (QED) is 0.604. The third kappa shape index (κ3) is 6.06. The molecular formula is C18H28O4. The van der Waals surface area contributed by atoms with Crippen LogP contribution in [-0.2, 0) is 27.4 Å². The molecule has 0 unspecified atom stereocenters. The molecule has 1 aromatic rings. The molecule has 0 bridgehead atoms. The van der Waals surface area contributed by atoms with Gasteiger partial charge in [0.2, 0.25) is 0 Å². The highest BCUT2D eigenvalue weighted by atomic mass is 17.2. The van der Waals surface area contributed by atoms with Crippen LogP contribution < -0.4 is 0 Å². The number of hydrogen-bond acceptors (Lipinski definition) is 4. The number of unbranched alkanes of at least 4 members (excludes halogenated alkanes) is 1. The zero-order valence-electron chi connectivity index (χ0n) is 14.4. The Labute approximate surface area is 133 Å². The molecule has 0 atom stereocenters. The van der Waals surface area contributed by atoms with E-state index < -0.39 is 5.60 Å². The molecule has 0 aliphatic rings. The van der Waals surface area contributed by atoms with Crippen LogP contribution in [0.5, 0.6) is 5.75 Å². The van der Waals surface area contributed by atoms with Crippen molar-refractivity contribution >= 4 is 5.97 Å². The van der Waals surface area contributed by atoms with Crippen LogP contribution in [0.25, 0.3) is 0 Å². The lowest BCUT2D eigenvalue weighted by Gasteiger charge is -2.17. The fourth-order valence-electron chi connectivity index (χ4n) is 2.18. The first kappa shape index (κ1) is 18.5. The van der Waals surface area contributed by atoms with Gasteiger partial charge in [-0.1, -0.05) is 19.4 Å². The van der Waals surface area contributed by atoms with E-state index in [1.54, 1.807) is 6.07 Å². The van der Waals surface area contributed by atoms with Gasteiger partial charge in [0.1, 0.15) is 11.4 Å². The van der Waals surface area contributed by atoms with Crippen molar-refractivity contribution in [3.05, 3.63) is 28.8 Å². The number of phenolic OH excluding ortho intramolecular Hbond substituents is 1. The Hall–Kier alpha value is -1.55. The van der Waals surface area contributed by atoms with Crippen LogP contribution in [-0.4, -0.2) is 16.7 Å². The van der Waals surface area contributed by atoms with Crippen LogP contribution in [0.3, 0.4) is 0 Å². The van der Waals surface area contributed by atoms with E-state index in [-0.39, 0.29) is 12.4 Å². The summed E-state index contributed by atoms with van der Waals surface area (Å²) < 4.78 is 0. The van der Waals surface area contributed by atoms with Crippen LogP contribution in [0.4, 0.5) is 0 Å². The average molecular weight is 308 g/mol. The molecule has 0 aromatic heterocycles. The fourth-order valence-corrected chi connectivity index (χ4v) is 2.18. The minimum atomic E-state index is -0.503. The molecule has 4 nitrogen and oxygen atoms in total. The van der Waals surface area contributed by atoms with Gasteiger partial charge in [0.15, 0.2) is 0 Å². The number of aryl methyl sites for hydroxylation is 1. The smallest absolute Gasteiger partial charge is 0.342 e. The predicted octanol–water partition coefficient (Wildman–Crippen LogP) is 4.25. The Balaban J connectivity index is 2.64. The molecule has 1 aromatic carbocycles. The Morgan fingerprint density at radius 1 is 1.23 bits per heavy atom. The molecule has 0 heterocycles. The molecule has 1 rings (SSSR count). The number of hydrogen-bond donors (Lipinski definition) is 1. The summed E-state index contributed by atoms with van der Waals surface area (Å²) in [7, 11) is 0. The van der Waals surface area contributed by atoms with Crippen LogP contribution in [0.1, 0.15) is 63.6 Å². The highest BCUT2D eigenvalue weighted by molar-refractivity contribution is 5.69. The van der Waals surface area contributed by atoms with Crippen molar-refractivity contribution in [1.82, 2.24) is 0 Å². The van der Waals surface area contributed by atoms with E-state index >= 15 is 0 Å². The highest BCUT2D eigenvalue weighted by Gasteiger charge is 2.16. The predicted molar refractivity (Wildman–Crippen MR) is 86.7 cm³/mol. The first-order valence-electron chi connectivity index (χ1n) is 7.93. The second-order valence-corrected chi connectivity index (χ2v) is 6.60. The molecule has 22 heavy (non-hydrogen) atoms. The topological polar surface area (TPSA) is 55.8 Å². The molecule has 0 aliphatic heterocycles. The third-order valence-electron chi connectivity index (χ3n) is 3.45. The van der Waals surface area contributed by atoms with Gasteiger partial charge < -0.3 is 5.11 Å². The molecule has 0 saturated heterocycles. The van der Waals surface area contributed by atoms with Crippen LogP contribution in [0.2, 0.25) is 0 Å². The maximum Gasteiger partial charge on any atom is 0.342 e. The summed E-state index contributed by atoms with van der Waals surface area (Å²) in [6, 6.07) is 3.59. The van der Waals surface area contributed by atoms with Gasteiger partial charge in [-0.15, -0.1) is 0 Å². The minimum absolute atomic E-state index is 0.259. The summed E-state index contributed by atoms with van der Waals surface area (Å²) in [6.45, 7) is 9.59. The second-order valence-electron chi connectivity index (χ2n) is 6.60. The molecule has 0 spiro atoms. The normalized spacial score (nSPS) is 11.5. The molecule has 0 saturated carbocycles. The largest absolute Gasteiger partial charge is 0.508 e. The van der Waals surface area contributed by atoms with E-state index in [2.05, 4.69) is 6.92 Å². The lowest BCUT2D eigenvalue weighted by molar-refractivity contribution is -0.320. The Bertz CT molecular complexity index is 501. The van der Waals surface area contributed by atoms with Gasteiger partial charge in [-0.2, -0.15) is 4.89 Å². The lowest BCUT2D eigenvalue weighted by atomic mass is 9.95. The molecule has 1 N–H and O–H groups in total.